The smallest absolute Gasteiger partial charge is 0.484 e. The van der Waals surface area contributed by atoms with E-state index in [9.17, 15) is 31.1 Å². The van der Waals surface area contributed by atoms with Gasteiger partial charge in [0.2, 0.25) is 5.95 Å². The molecule has 14 heteroatoms. The Morgan fingerprint density at radius 3 is 2.24 bits per heavy atom. The van der Waals surface area contributed by atoms with Crippen LogP contribution in [0.2, 0.25) is 0 Å². The minimum Gasteiger partial charge on any atom is -0.484 e. The maximum absolute atomic E-state index is 12.6. The number of anilines is 3. The van der Waals surface area contributed by atoms with Crippen LogP contribution in [0.5, 0.6) is 17.2 Å². The molecule has 2 atom stereocenters. The van der Waals surface area contributed by atoms with Crippen LogP contribution in [0.25, 0.3) is 11.0 Å². The minimum absolute atomic E-state index is 0.0710. The molecule has 1 fully saturated rings. The van der Waals surface area contributed by atoms with Gasteiger partial charge in [-0.3, -0.25) is 4.79 Å². The van der Waals surface area contributed by atoms with E-state index >= 15 is 0 Å². The Morgan fingerprint density at radius 1 is 0.891 bits per heavy atom. The summed E-state index contributed by atoms with van der Waals surface area (Å²) in [5.74, 6) is -0.155. The third-order valence-corrected chi connectivity index (χ3v) is 7.46. The molecule has 0 spiro atoms. The average molecular weight is 651 g/mol. The zero-order valence-corrected chi connectivity index (χ0v) is 25.1. The molecule has 1 amide bonds. The molecule has 1 heterocycles. The van der Waals surface area contributed by atoms with Gasteiger partial charge in [-0.1, -0.05) is 26.8 Å². The molecule has 0 aliphatic heterocycles. The first kappa shape index (κ1) is 32.8. The molecule has 0 unspecified atom stereocenters. The average Bonchev–Trinajstić information content (AvgIpc) is 3.27. The summed E-state index contributed by atoms with van der Waals surface area (Å²) >= 11 is 0. The number of carbonyl (C=O) groups is 1. The predicted octanol–water partition coefficient (Wildman–Crippen LogP) is 8.98. The second-order valence-corrected chi connectivity index (χ2v) is 12.1. The van der Waals surface area contributed by atoms with Crippen molar-refractivity contribution in [1.82, 2.24) is 9.55 Å². The van der Waals surface area contributed by atoms with Crippen molar-refractivity contribution >= 4 is 34.3 Å². The van der Waals surface area contributed by atoms with Crippen molar-refractivity contribution < 1.29 is 45.3 Å². The van der Waals surface area contributed by atoms with Gasteiger partial charge in [0.15, 0.2) is 6.61 Å². The van der Waals surface area contributed by atoms with Crippen LogP contribution in [0.4, 0.5) is 43.7 Å². The summed E-state index contributed by atoms with van der Waals surface area (Å²) in [5.41, 5.74) is 2.04. The Hall–Kier alpha value is -4.62. The van der Waals surface area contributed by atoms with Gasteiger partial charge in [-0.25, -0.2) is 4.98 Å². The number of aromatic nitrogens is 2. The highest BCUT2D eigenvalue weighted by atomic mass is 19.4. The fourth-order valence-electron chi connectivity index (χ4n) is 6.10. The molecule has 3 aromatic carbocycles. The van der Waals surface area contributed by atoms with Crippen molar-refractivity contribution in [3.8, 4) is 17.2 Å². The second-order valence-electron chi connectivity index (χ2n) is 12.1. The van der Waals surface area contributed by atoms with E-state index < -0.39 is 31.0 Å². The molecule has 4 aromatic rings. The molecule has 2 N–H and O–H groups in total. The molecule has 8 nitrogen and oxygen atoms in total. The van der Waals surface area contributed by atoms with Gasteiger partial charge in [0, 0.05) is 29.5 Å². The van der Waals surface area contributed by atoms with Crippen LogP contribution < -0.4 is 24.8 Å². The van der Waals surface area contributed by atoms with E-state index in [2.05, 4.69) is 45.4 Å². The maximum Gasteiger partial charge on any atom is 0.573 e. The molecule has 0 bridgehead atoms. The zero-order valence-electron chi connectivity index (χ0n) is 25.1. The number of alkyl halides is 6. The van der Waals surface area contributed by atoms with E-state index in [1.54, 1.807) is 12.1 Å². The molecule has 0 saturated heterocycles. The molecule has 46 heavy (non-hydrogen) atoms. The van der Waals surface area contributed by atoms with Gasteiger partial charge in [-0.15, -0.1) is 26.3 Å². The highest BCUT2D eigenvalue weighted by Crippen LogP contribution is 2.46. The SMILES string of the molecule is C[C@H]1C[C@H](n2c(Nc3ccc(OC(F)(F)F)cc3)nc3cc(OCC(=O)Nc4cccc(OC(F)(F)F)c4)ccc32)CC(C)(C)C1. The fourth-order valence-corrected chi connectivity index (χ4v) is 6.10. The number of benzene rings is 3. The number of imidazole rings is 1. The quantitative estimate of drug-likeness (QED) is 0.176. The number of halogens is 6. The van der Waals surface area contributed by atoms with E-state index in [4.69, 9.17) is 9.72 Å². The minimum atomic E-state index is -4.87. The van der Waals surface area contributed by atoms with E-state index in [-0.39, 0.29) is 22.9 Å². The molecular formula is C32H32F6N4O4. The lowest BCUT2D eigenvalue weighted by Crippen LogP contribution is -2.29. The standard InChI is InChI=1S/C32H32F6N4O4/c1-19-13-22(17-30(2,3)16-19)42-27-12-11-24(44-18-28(43)39-21-5-4-6-25(14-21)46-32(36,37)38)15-26(27)41-29(42)40-20-7-9-23(10-8-20)45-31(33,34)35/h4-12,14-15,19,22H,13,16-18H2,1-3H3,(H,39,43)(H,40,41)/t19-,22-/m0/s1. The third kappa shape index (κ3) is 8.76. The van der Waals surface area contributed by atoms with Crippen LogP contribution in [-0.2, 0) is 4.79 Å². The first-order valence-corrected chi connectivity index (χ1v) is 14.5. The molecule has 5 rings (SSSR count). The van der Waals surface area contributed by atoms with Gasteiger partial charge in [0.1, 0.15) is 17.2 Å². The number of hydrogen-bond donors (Lipinski definition) is 2. The Bertz CT molecular complexity index is 1680. The highest BCUT2D eigenvalue weighted by molar-refractivity contribution is 5.92. The van der Waals surface area contributed by atoms with Crippen LogP contribution in [0.15, 0.2) is 66.7 Å². The zero-order chi connectivity index (χ0) is 33.3. The lowest BCUT2D eigenvalue weighted by atomic mass is 9.70. The van der Waals surface area contributed by atoms with E-state index in [1.165, 1.54) is 36.4 Å². The normalized spacial score (nSPS) is 18.2. The largest absolute Gasteiger partial charge is 0.573 e. The fraction of sp³-hybridized carbons (Fsp3) is 0.375. The van der Waals surface area contributed by atoms with E-state index in [0.29, 0.717) is 28.8 Å². The van der Waals surface area contributed by atoms with Gasteiger partial charge in [-0.05, 0) is 79.1 Å². The lowest BCUT2D eigenvalue weighted by Gasteiger charge is -2.40. The number of nitrogens with zero attached hydrogens (tertiary/aromatic N) is 2. The predicted molar refractivity (Wildman–Crippen MR) is 159 cm³/mol. The first-order chi connectivity index (χ1) is 21.5. The summed E-state index contributed by atoms with van der Waals surface area (Å²) in [7, 11) is 0. The molecule has 1 aliphatic rings. The topological polar surface area (TPSA) is 86.6 Å². The monoisotopic (exact) mass is 650 g/mol. The third-order valence-electron chi connectivity index (χ3n) is 7.46. The molecule has 1 saturated carbocycles. The van der Waals surface area contributed by atoms with E-state index in [1.807, 2.05) is 6.07 Å². The molecule has 0 radical (unpaired) electrons. The second kappa shape index (κ2) is 12.6. The number of fused-ring (bicyclic) bond motifs is 1. The summed E-state index contributed by atoms with van der Waals surface area (Å²) in [6.07, 6.45) is -6.82. The van der Waals surface area contributed by atoms with Crippen molar-refractivity contribution in [2.24, 2.45) is 11.3 Å². The highest BCUT2D eigenvalue weighted by Gasteiger charge is 2.35. The number of carbonyl (C=O) groups excluding carboxylic acids is 1. The summed E-state index contributed by atoms with van der Waals surface area (Å²) in [4.78, 5) is 17.3. The number of hydrogen-bond acceptors (Lipinski definition) is 6. The van der Waals surface area contributed by atoms with Crippen molar-refractivity contribution in [3.05, 3.63) is 66.7 Å². The Kier molecular flexibility index (Phi) is 9.00. The number of ether oxygens (including phenoxy) is 3. The Morgan fingerprint density at radius 2 is 1.57 bits per heavy atom. The van der Waals surface area contributed by atoms with Crippen molar-refractivity contribution in [2.45, 2.75) is 58.8 Å². The van der Waals surface area contributed by atoms with Crippen LogP contribution in [-0.4, -0.2) is 34.8 Å². The number of rotatable bonds is 9. The molecule has 1 aromatic heterocycles. The van der Waals surface area contributed by atoms with Crippen molar-refractivity contribution in [1.29, 1.82) is 0 Å². The Balaban J connectivity index is 1.35. The summed E-state index contributed by atoms with van der Waals surface area (Å²) in [6.45, 7) is 6.22. The maximum atomic E-state index is 12.6. The van der Waals surface area contributed by atoms with Crippen LogP contribution >= 0.6 is 0 Å². The van der Waals surface area contributed by atoms with Crippen LogP contribution in [0.1, 0.15) is 46.1 Å². The van der Waals surface area contributed by atoms with Crippen LogP contribution in [0, 0.1) is 11.3 Å². The molecular weight excluding hydrogens is 618 g/mol. The van der Waals surface area contributed by atoms with Gasteiger partial charge in [0.25, 0.3) is 5.91 Å². The van der Waals surface area contributed by atoms with Crippen LogP contribution in [0.3, 0.4) is 0 Å². The summed E-state index contributed by atoms with van der Waals surface area (Å²) in [6, 6.07) is 15.5. The van der Waals surface area contributed by atoms with Gasteiger partial charge < -0.3 is 29.4 Å². The van der Waals surface area contributed by atoms with Crippen molar-refractivity contribution in [2.75, 3.05) is 17.2 Å². The Labute approximate surface area is 260 Å². The van der Waals surface area contributed by atoms with Gasteiger partial charge in [0.05, 0.1) is 11.0 Å². The van der Waals surface area contributed by atoms with Gasteiger partial charge in [-0.2, -0.15) is 0 Å². The summed E-state index contributed by atoms with van der Waals surface area (Å²) < 4.78 is 91.1. The lowest BCUT2D eigenvalue weighted by molar-refractivity contribution is -0.275. The number of nitrogens with one attached hydrogen (secondary N) is 2. The first-order valence-electron chi connectivity index (χ1n) is 14.5. The van der Waals surface area contributed by atoms with Crippen molar-refractivity contribution in [3.63, 3.8) is 0 Å². The number of amides is 1. The van der Waals surface area contributed by atoms with Gasteiger partial charge >= 0.3 is 12.7 Å². The molecule has 246 valence electrons. The van der Waals surface area contributed by atoms with E-state index in [0.717, 1.165) is 36.9 Å². The summed E-state index contributed by atoms with van der Waals surface area (Å²) in [5, 5.41) is 5.71. The molecule has 1 aliphatic carbocycles.